The van der Waals surface area contributed by atoms with E-state index in [9.17, 15) is 0 Å². The number of nitrogens with one attached hydrogen (secondary N) is 1. The molecule has 16 heavy (non-hydrogen) atoms. The van der Waals surface area contributed by atoms with E-state index in [1.807, 2.05) is 0 Å². The minimum atomic E-state index is 0.525. The second-order valence-corrected chi connectivity index (χ2v) is 3.09. The molecule has 0 fully saturated rings. The van der Waals surface area contributed by atoms with E-state index in [1.165, 1.54) is 6.26 Å². The first-order valence-corrected chi connectivity index (χ1v) is 4.59. The van der Waals surface area contributed by atoms with Gasteiger partial charge in [-0.1, -0.05) is 5.16 Å². The van der Waals surface area contributed by atoms with E-state index in [0.717, 1.165) is 5.69 Å². The molecule has 1 N–H and O–H groups in total. The normalized spacial score (nSPS) is 10.8. The molecule has 80 valence electrons. The summed E-state index contributed by atoms with van der Waals surface area (Å²) >= 11 is 0. The maximum atomic E-state index is 4.72. The number of hydrogen-bond donors (Lipinski definition) is 1. The summed E-state index contributed by atoms with van der Waals surface area (Å²) in [5.41, 5.74) is 1.38. The van der Waals surface area contributed by atoms with E-state index >= 15 is 0 Å². The third kappa shape index (κ3) is 1.45. The zero-order valence-electron chi connectivity index (χ0n) is 8.11. The molecule has 0 spiro atoms. The Balaban J connectivity index is 1.86. The van der Waals surface area contributed by atoms with Crippen molar-refractivity contribution in [3.05, 3.63) is 30.4 Å². The second kappa shape index (κ2) is 3.57. The number of tetrazole rings is 1. The molecule has 3 rings (SSSR count). The van der Waals surface area contributed by atoms with Crippen LogP contribution in [0.1, 0.15) is 5.69 Å². The van der Waals surface area contributed by atoms with E-state index in [2.05, 4.69) is 31.0 Å². The summed E-state index contributed by atoms with van der Waals surface area (Å²) in [6, 6.07) is 1.78. The fourth-order valence-corrected chi connectivity index (χ4v) is 1.31. The average molecular weight is 217 g/mol. The molecule has 0 saturated carbocycles. The van der Waals surface area contributed by atoms with Gasteiger partial charge in [0.05, 0.1) is 18.9 Å². The van der Waals surface area contributed by atoms with Crippen molar-refractivity contribution in [2.75, 3.05) is 5.32 Å². The third-order valence-corrected chi connectivity index (χ3v) is 2.05. The largest absolute Gasteiger partial charge is 0.364 e. The van der Waals surface area contributed by atoms with Gasteiger partial charge in [-0.15, -0.1) is 5.10 Å². The van der Waals surface area contributed by atoms with Crippen molar-refractivity contribution in [2.24, 2.45) is 0 Å². The van der Waals surface area contributed by atoms with Gasteiger partial charge in [0.2, 0.25) is 0 Å². The maximum Gasteiger partial charge on any atom is 0.199 e. The molecule has 0 bridgehead atoms. The zero-order valence-corrected chi connectivity index (χ0v) is 8.11. The number of fused-ring (bicyclic) bond motifs is 1. The van der Waals surface area contributed by atoms with Crippen LogP contribution in [-0.2, 0) is 6.54 Å². The van der Waals surface area contributed by atoms with Gasteiger partial charge in [0.15, 0.2) is 11.5 Å². The van der Waals surface area contributed by atoms with Crippen LogP contribution in [-0.4, -0.2) is 30.2 Å². The maximum absolute atomic E-state index is 4.72. The van der Waals surface area contributed by atoms with E-state index in [4.69, 9.17) is 4.52 Å². The number of aromatic nitrogens is 6. The SMILES string of the molecule is c1cc(CNc2cncc3nnnn23)no1. The summed E-state index contributed by atoms with van der Waals surface area (Å²) in [6.45, 7) is 0.525. The van der Waals surface area contributed by atoms with Crippen LogP contribution in [0.4, 0.5) is 5.82 Å². The highest BCUT2D eigenvalue weighted by Gasteiger charge is 2.04. The second-order valence-electron chi connectivity index (χ2n) is 3.09. The van der Waals surface area contributed by atoms with Crippen LogP contribution in [0.5, 0.6) is 0 Å². The standard InChI is InChI=1S/C8H7N7O/c1-2-16-12-6(1)3-10-7-4-9-5-8-11-13-14-15(7)8/h1-2,4-5,10H,3H2. The summed E-state index contributed by atoms with van der Waals surface area (Å²) in [4.78, 5) is 4.02. The summed E-state index contributed by atoms with van der Waals surface area (Å²) in [7, 11) is 0. The average Bonchev–Trinajstić information content (AvgIpc) is 2.97. The summed E-state index contributed by atoms with van der Waals surface area (Å²) in [5, 5.41) is 18.1. The number of nitrogens with zero attached hydrogens (tertiary/aromatic N) is 6. The van der Waals surface area contributed by atoms with Crippen molar-refractivity contribution in [3.63, 3.8) is 0 Å². The van der Waals surface area contributed by atoms with Gasteiger partial charge in [0.1, 0.15) is 12.0 Å². The van der Waals surface area contributed by atoms with Crippen LogP contribution in [0.3, 0.4) is 0 Å². The molecule has 0 aliphatic rings. The number of hydrogen-bond acceptors (Lipinski definition) is 7. The molecule has 0 aromatic carbocycles. The lowest BCUT2D eigenvalue weighted by Gasteiger charge is -2.03. The molecule has 0 aliphatic carbocycles. The molecule has 3 heterocycles. The lowest BCUT2D eigenvalue weighted by atomic mass is 10.4. The Morgan fingerprint density at radius 1 is 1.38 bits per heavy atom. The van der Waals surface area contributed by atoms with Crippen LogP contribution in [0.25, 0.3) is 5.65 Å². The van der Waals surface area contributed by atoms with E-state index in [0.29, 0.717) is 18.0 Å². The molecular formula is C8H7N7O. The van der Waals surface area contributed by atoms with Crippen molar-refractivity contribution < 1.29 is 4.52 Å². The van der Waals surface area contributed by atoms with Crippen molar-refractivity contribution in [2.45, 2.75) is 6.54 Å². The number of anilines is 1. The summed E-state index contributed by atoms with van der Waals surface area (Å²) in [6.07, 6.45) is 4.75. The van der Waals surface area contributed by atoms with Gasteiger partial charge in [-0.05, 0) is 10.4 Å². The van der Waals surface area contributed by atoms with Crippen molar-refractivity contribution in [3.8, 4) is 0 Å². The molecule has 0 amide bonds. The van der Waals surface area contributed by atoms with E-state index in [-0.39, 0.29) is 0 Å². The highest BCUT2D eigenvalue weighted by Crippen LogP contribution is 2.07. The van der Waals surface area contributed by atoms with Crippen LogP contribution >= 0.6 is 0 Å². The monoisotopic (exact) mass is 217 g/mol. The molecule has 0 radical (unpaired) electrons. The van der Waals surface area contributed by atoms with E-state index < -0.39 is 0 Å². The number of rotatable bonds is 3. The summed E-state index contributed by atoms with van der Waals surface area (Å²) in [5.74, 6) is 0.700. The Morgan fingerprint density at radius 2 is 2.38 bits per heavy atom. The zero-order chi connectivity index (χ0) is 10.8. The minimum absolute atomic E-state index is 0.525. The van der Waals surface area contributed by atoms with Crippen LogP contribution in [0, 0.1) is 0 Å². The molecule has 8 nitrogen and oxygen atoms in total. The molecule has 3 aromatic rings. The van der Waals surface area contributed by atoms with Gasteiger partial charge < -0.3 is 9.84 Å². The van der Waals surface area contributed by atoms with Gasteiger partial charge in [0.25, 0.3) is 0 Å². The van der Waals surface area contributed by atoms with Crippen LogP contribution in [0.2, 0.25) is 0 Å². The highest BCUT2D eigenvalue weighted by atomic mass is 16.5. The fraction of sp³-hybridized carbons (Fsp3) is 0.125. The molecule has 0 saturated heterocycles. The van der Waals surface area contributed by atoms with Crippen LogP contribution in [0.15, 0.2) is 29.2 Å². The predicted molar refractivity (Wildman–Crippen MR) is 52.4 cm³/mol. The minimum Gasteiger partial charge on any atom is -0.364 e. The van der Waals surface area contributed by atoms with Crippen molar-refractivity contribution in [1.82, 2.24) is 30.2 Å². The first-order valence-electron chi connectivity index (χ1n) is 4.59. The van der Waals surface area contributed by atoms with Gasteiger partial charge in [-0.3, -0.25) is 4.98 Å². The lowest BCUT2D eigenvalue weighted by molar-refractivity contribution is 0.412. The third-order valence-electron chi connectivity index (χ3n) is 2.05. The Kier molecular flexibility index (Phi) is 1.96. The Labute approximate surface area is 89.3 Å². The Morgan fingerprint density at radius 3 is 3.25 bits per heavy atom. The van der Waals surface area contributed by atoms with Gasteiger partial charge >= 0.3 is 0 Å². The quantitative estimate of drug-likeness (QED) is 0.665. The van der Waals surface area contributed by atoms with Crippen molar-refractivity contribution >= 4 is 11.5 Å². The molecular weight excluding hydrogens is 210 g/mol. The first-order chi connectivity index (χ1) is 7.93. The topological polar surface area (TPSA) is 94.0 Å². The van der Waals surface area contributed by atoms with E-state index in [1.54, 1.807) is 23.0 Å². The molecule has 0 unspecified atom stereocenters. The van der Waals surface area contributed by atoms with Gasteiger partial charge in [-0.2, -0.15) is 4.52 Å². The van der Waals surface area contributed by atoms with Gasteiger partial charge in [0, 0.05) is 6.07 Å². The molecule has 0 atom stereocenters. The fourth-order valence-electron chi connectivity index (χ4n) is 1.31. The first kappa shape index (κ1) is 8.77. The lowest BCUT2D eigenvalue weighted by Crippen LogP contribution is -2.05. The molecule has 3 aromatic heterocycles. The summed E-state index contributed by atoms with van der Waals surface area (Å²) < 4.78 is 6.29. The Bertz CT molecular complexity index is 587. The highest BCUT2D eigenvalue weighted by molar-refractivity contribution is 5.43. The van der Waals surface area contributed by atoms with Crippen LogP contribution < -0.4 is 5.32 Å². The molecule has 0 aliphatic heterocycles. The van der Waals surface area contributed by atoms with Crippen molar-refractivity contribution in [1.29, 1.82) is 0 Å². The Hall–Kier alpha value is -2.51. The van der Waals surface area contributed by atoms with Gasteiger partial charge in [-0.25, -0.2) is 0 Å². The smallest absolute Gasteiger partial charge is 0.199 e. The predicted octanol–water partition coefficient (Wildman–Crippen LogP) is 0.119. The molecule has 8 heteroatoms.